The molecule has 108 valence electrons. The summed E-state index contributed by atoms with van der Waals surface area (Å²) in [6, 6.07) is -0.856. The van der Waals surface area contributed by atoms with Gasteiger partial charge in [0.25, 0.3) is 0 Å². The Balaban J connectivity index is 2.34. The lowest BCUT2D eigenvalue weighted by molar-refractivity contribution is -0.140. The number of carbonyl (C=O) groups excluding carboxylic acids is 1. The number of nitrogens with zero attached hydrogens (tertiary/aromatic N) is 1. The van der Waals surface area contributed by atoms with Crippen molar-refractivity contribution >= 4 is 17.4 Å². The van der Waals surface area contributed by atoms with Crippen molar-refractivity contribution in [2.75, 3.05) is 13.2 Å². The molecule has 1 unspecified atom stereocenters. The zero-order valence-electron chi connectivity index (χ0n) is 10.1. The molecule has 1 aromatic rings. The Hall–Kier alpha value is -1.35. The van der Waals surface area contributed by atoms with Crippen LogP contribution in [-0.2, 0) is 12.6 Å². The van der Waals surface area contributed by atoms with E-state index in [0.717, 1.165) is 16.7 Å². The number of aliphatic hydroxyl groups is 1. The van der Waals surface area contributed by atoms with Crippen molar-refractivity contribution in [3.63, 3.8) is 0 Å². The average molecular weight is 297 g/mol. The molecular weight excluding hydrogens is 283 g/mol. The molecule has 2 amide bonds. The second-order valence-electron chi connectivity index (χ2n) is 3.86. The van der Waals surface area contributed by atoms with E-state index >= 15 is 0 Å². The van der Waals surface area contributed by atoms with Crippen molar-refractivity contribution in [2.45, 2.75) is 25.6 Å². The third-order valence-corrected chi connectivity index (χ3v) is 3.03. The number of thiazole rings is 1. The van der Waals surface area contributed by atoms with Crippen LogP contribution >= 0.6 is 11.3 Å². The molecular formula is C10H14F3N3O2S. The van der Waals surface area contributed by atoms with Crippen LogP contribution in [0.5, 0.6) is 0 Å². The van der Waals surface area contributed by atoms with Gasteiger partial charge in [-0.2, -0.15) is 13.2 Å². The third-order valence-electron chi connectivity index (χ3n) is 2.12. The second-order valence-corrected chi connectivity index (χ2v) is 4.80. The maximum atomic E-state index is 12.3. The van der Waals surface area contributed by atoms with Crippen LogP contribution in [0.25, 0.3) is 0 Å². The molecule has 19 heavy (non-hydrogen) atoms. The van der Waals surface area contributed by atoms with Crippen molar-refractivity contribution in [2.24, 2.45) is 0 Å². The Labute approximate surface area is 111 Å². The Morgan fingerprint density at radius 2 is 2.26 bits per heavy atom. The van der Waals surface area contributed by atoms with Gasteiger partial charge in [-0.1, -0.05) is 0 Å². The van der Waals surface area contributed by atoms with E-state index < -0.39 is 17.9 Å². The molecule has 1 atom stereocenters. The van der Waals surface area contributed by atoms with E-state index in [-0.39, 0.29) is 25.6 Å². The van der Waals surface area contributed by atoms with Crippen molar-refractivity contribution in [3.05, 3.63) is 16.1 Å². The highest BCUT2D eigenvalue weighted by Crippen LogP contribution is 2.29. The molecule has 0 bridgehead atoms. The zero-order chi connectivity index (χ0) is 14.5. The van der Waals surface area contributed by atoms with E-state index in [4.69, 9.17) is 5.11 Å². The molecule has 0 saturated heterocycles. The van der Waals surface area contributed by atoms with Gasteiger partial charge in [-0.05, 0) is 6.92 Å². The van der Waals surface area contributed by atoms with Crippen LogP contribution in [0.4, 0.5) is 18.0 Å². The fourth-order valence-electron chi connectivity index (χ4n) is 1.16. The number of hydrogen-bond donors (Lipinski definition) is 3. The number of nitrogens with one attached hydrogen (secondary N) is 2. The van der Waals surface area contributed by atoms with Crippen molar-refractivity contribution in [3.8, 4) is 0 Å². The van der Waals surface area contributed by atoms with Crippen molar-refractivity contribution in [1.29, 1.82) is 0 Å². The van der Waals surface area contributed by atoms with Crippen LogP contribution in [0.15, 0.2) is 5.38 Å². The molecule has 0 aliphatic heterocycles. The van der Waals surface area contributed by atoms with Gasteiger partial charge in [-0.3, -0.25) is 0 Å². The lowest BCUT2D eigenvalue weighted by atomic mass is 10.4. The highest BCUT2D eigenvalue weighted by atomic mass is 32.1. The molecule has 1 heterocycles. The van der Waals surface area contributed by atoms with E-state index in [1.165, 1.54) is 0 Å². The summed E-state index contributed by atoms with van der Waals surface area (Å²) >= 11 is 0.904. The lowest BCUT2D eigenvalue weighted by Crippen LogP contribution is -2.42. The quantitative estimate of drug-likeness (QED) is 0.769. The number of aliphatic hydroxyl groups excluding tert-OH is 1. The van der Waals surface area contributed by atoms with Gasteiger partial charge in [0.1, 0.15) is 0 Å². The fourth-order valence-corrected chi connectivity index (χ4v) is 1.96. The largest absolute Gasteiger partial charge is 0.434 e. The molecule has 3 N–H and O–H groups in total. The van der Waals surface area contributed by atoms with Crippen LogP contribution in [0.2, 0.25) is 0 Å². The minimum Gasteiger partial charge on any atom is -0.394 e. The standard InChI is InChI=1S/C10H14F3N3O2S/c1-6(4-17)15-9(18)14-3-2-8-16-7(5-19-8)10(11,12)13/h5-6,17H,2-4H2,1H3,(H2,14,15,18). The first-order chi connectivity index (χ1) is 8.82. The Morgan fingerprint density at radius 1 is 1.58 bits per heavy atom. The van der Waals surface area contributed by atoms with E-state index in [1.54, 1.807) is 6.92 Å². The summed E-state index contributed by atoms with van der Waals surface area (Å²) in [5.74, 6) is 0. The van der Waals surface area contributed by atoms with Gasteiger partial charge >= 0.3 is 12.2 Å². The summed E-state index contributed by atoms with van der Waals surface area (Å²) in [5, 5.41) is 14.9. The Kier molecular flexibility index (Phi) is 5.55. The molecule has 0 fully saturated rings. The summed E-state index contributed by atoms with van der Waals surface area (Å²) < 4.78 is 36.8. The van der Waals surface area contributed by atoms with E-state index in [9.17, 15) is 18.0 Å². The van der Waals surface area contributed by atoms with Gasteiger partial charge in [-0.15, -0.1) is 11.3 Å². The topological polar surface area (TPSA) is 74.2 Å². The predicted octanol–water partition coefficient (Wildman–Crippen LogP) is 1.38. The normalized spacial score (nSPS) is 13.1. The zero-order valence-corrected chi connectivity index (χ0v) is 10.9. The molecule has 0 saturated carbocycles. The maximum Gasteiger partial charge on any atom is 0.434 e. The molecule has 0 aliphatic carbocycles. The monoisotopic (exact) mass is 297 g/mol. The van der Waals surface area contributed by atoms with Crippen LogP contribution in [0, 0.1) is 0 Å². The van der Waals surface area contributed by atoms with Crippen LogP contribution < -0.4 is 10.6 Å². The van der Waals surface area contributed by atoms with E-state index in [2.05, 4.69) is 15.6 Å². The summed E-state index contributed by atoms with van der Waals surface area (Å²) in [5.41, 5.74) is -0.911. The van der Waals surface area contributed by atoms with E-state index in [1.807, 2.05) is 0 Å². The molecule has 9 heteroatoms. The lowest BCUT2D eigenvalue weighted by Gasteiger charge is -2.11. The summed E-state index contributed by atoms with van der Waals surface area (Å²) in [7, 11) is 0. The smallest absolute Gasteiger partial charge is 0.394 e. The third kappa shape index (κ3) is 5.43. The number of urea groups is 1. The van der Waals surface area contributed by atoms with E-state index in [0.29, 0.717) is 5.01 Å². The Bertz CT molecular complexity index is 422. The first kappa shape index (κ1) is 15.7. The Morgan fingerprint density at radius 3 is 2.79 bits per heavy atom. The van der Waals surface area contributed by atoms with Crippen molar-refractivity contribution in [1.82, 2.24) is 15.6 Å². The maximum absolute atomic E-state index is 12.3. The highest BCUT2D eigenvalue weighted by molar-refractivity contribution is 7.09. The minimum absolute atomic E-state index is 0.175. The second kappa shape index (κ2) is 6.71. The summed E-state index contributed by atoms with van der Waals surface area (Å²) in [6.07, 6.45) is -4.21. The van der Waals surface area contributed by atoms with Gasteiger partial charge < -0.3 is 15.7 Å². The highest BCUT2D eigenvalue weighted by Gasteiger charge is 2.33. The number of rotatable bonds is 5. The number of carbonyl (C=O) groups is 1. The first-order valence-electron chi connectivity index (χ1n) is 5.49. The SMILES string of the molecule is CC(CO)NC(=O)NCCc1nc(C(F)(F)F)cs1. The van der Waals surface area contributed by atoms with Gasteiger partial charge in [-0.25, -0.2) is 9.78 Å². The fraction of sp³-hybridized carbons (Fsp3) is 0.600. The predicted molar refractivity (Wildman–Crippen MR) is 63.9 cm³/mol. The molecule has 5 nitrogen and oxygen atoms in total. The van der Waals surface area contributed by atoms with Crippen molar-refractivity contribution < 1.29 is 23.1 Å². The van der Waals surface area contributed by atoms with Gasteiger partial charge in [0.05, 0.1) is 17.7 Å². The average Bonchev–Trinajstić information content (AvgIpc) is 2.77. The van der Waals surface area contributed by atoms with Gasteiger partial charge in [0.2, 0.25) is 0 Å². The molecule has 0 aliphatic rings. The molecule has 1 aromatic heterocycles. The molecule has 1 rings (SSSR count). The van der Waals surface area contributed by atoms with Crippen LogP contribution in [0.1, 0.15) is 17.6 Å². The molecule has 0 spiro atoms. The van der Waals surface area contributed by atoms with Crippen LogP contribution in [-0.4, -0.2) is 35.3 Å². The number of hydrogen-bond acceptors (Lipinski definition) is 4. The number of aromatic nitrogens is 1. The number of alkyl halides is 3. The minimum atomic E-state index is -4.43. The molecule has 0 aromatic carbocycles. The first-order valence-corrected chi connectivity index (χ1v) is 6.37. The van der Waals surface area contributed by atoms with Gasteiger partial charge in [0.15, 0.2) is 5.69 Å². The van der Waals surface area contributed by atoms with Gasteiger partial charge in [0, 0.05) is 18.3 Å². The summed E-state index contributed by atoms with van der Waals surface area (Å²) in [4.78, 5) is 14.7. The number of amides is 2. The molecule has 0 radical (unpaired) electrons. The summed E-state index contributed by atoms with van der Waals surface area (Å²) in [6.45, 7) is 1.61. The number of halogens is 3. The van der Waals surface area contributed by atoms with Crippen LogP contribution in [0.3, 0.4) is 0 Å².